The van der Waals surface area contributed by atoms with E-state index in [-0.39, 0.29) is 12.8 Å². The molecule has 2 N–H and O–H groups in total. The molecule has 104 valence electrons. The quantitative estimate of drug-likeness (QED) is 0.916. The summed E-state index contributed by atoms with van der Waals surface area (Å²) in [4.78, 5) is 0. The molecular weight excluding hydrogens is 260 g/mol. The number of alkyl halides is 2. The van der Waals surface area contributed by atoms with Gasteiger partial charge < -0.3 is 10.5 Å². The van der Waals surface area contributed by atoms with Crippen LogP contribution in [0.2, 0.25) is 0 Å². The summed E-state index contributed by atoms with van der Waals surface area (Å²) in [5.74, 6) is -1.47. The highest BCUT2D eigenvalue weighted by atomic mass is 19.3. The lowest BCUT2D eigenvalue weighted by molar-refractivity contribution is -0.125. The first-order valence-electron chi connectivity index (χ1n) is 6.48. The van der Waals surface area contributed by atoms with Crippen LogP contribution in [0.3, 0.4) is 0 Å². The van der Waals surface area contributed by atoms with Gasteiger partial charge in [-0.1, -0.05) is 36.4 Å². The van der Waals surface area contributed by atoms with Crippen LogP contribution in [0.4, 0.5) is 8.78 Å². The Bertz CT molecular complexity index is 605. The van der Waals surface area contributed by atoms with Crippen molar-refractivity contribution in [2.75, 3.05) is 0 Å². The summed E-state index contributed by atoms with van der Waals surface area (Å²) in [5, 5.41) is 0. The minimum atomic E-state index is -2.67. The molecular formula is C16H15F2NO. The third-order valence-electron chi connectivity index (χ3n) is 3.54. The monoisotopic (exact) mass is 275 g/mol. The van der Waals surface area contributed by atoms with Gasteiger partial charge in [-0.25, -0.2) is 8.78 Å². The third kappa shape index (κ3) is 2.39. The van der Waals surface area contributed by atoms with E-state index in [9.17, 15) is 8.78 Å². The molecule has 20 heavy (non-hydrogen) atoms. The van der Waals surface area contributed by atoms with Crippen LogP contribution in [-0.4, -0.2) is 5.92 Å². The molecule has 0 spiro atoms. The van der Waals surface area contributed by atoms with E-state index >= 15 is 0 Å². The van der Waals surface area contributed by atoms with Gasteiger partial charge in [0.1, 0.15) is 11.5 Å². The van der Waals surface area contributed by atoms with Gasteiger partial charge in [-0.3, -0.25) is 0 Å². The van der Waals surface area contributed by atoms with E-state index in [0.29, 0.717) is 17.1 Å². The van der Waals surface area contributed by atoms with Gasteiger partial charge in [0.2, 0.25) is 0 Å². The molecule has 2 nitrogen and oxygen atoms in total. The van der Waals surface area contributed by atoms with Gasteiger partial charge in [0, 0.05) is 18.4 Å². The molecule has 0 heterocycles. The average molecular weight is 275 g/mol. The first-order chi connectivity index (χ1) is 9.49. The van der Waals surface area contributed by atoms with Crippen molar-refractivity contribution in [3.8, 4) is 11.5 Å². The normalized spacial score (nSPS) is 19.1. The Morgan fingerprint density at radius 2 is 1.50 bits per heavy atom. The second-order valence-corrected chi connectivity index (χ2v) is 5.28. The Labute approximate surface area is 116 Å². The fraction of sp³-hybridized carbons (Fsp3) is 0.250. The van der Waals surface area contributed by atoms with Crippen molar-refractivity contribution in [3.05, 3.63) is 60.2 Å². The fourth-order valence-corrected chi connectivity index (χ4v) is 2.64. The largest absolute Gasteiger partial charge is 0.457 e. The molecule has 0 atom stereocenters. The number of para-hydroxylation sites is 2. The van der Waals surface area contributed by atoms with Crippen molar-refractivity contribution in [1.82, 2.24) is 0 Å². The van der Waals surface area contributed by atoms with E-state index in [1.807, 2.05) is 36.4 Å². The van der Waals surface area contributed by atoms with Gasteiger partial charge in [0.05, 0.1) is 5.54 Å². The van der Waals surface area contributed by atoms with Crippen LogP contribution in [-0.2, 0) is 5.54 Å². The predicted molar refractivity (Wildman–Crippen MR) is 73.0 cm³/mol. The second-order valence-electron chi connectivity index (χ2n) is 5.28. The first-order valence-corrected chi connectivity index (χ1v) is 6.48. The van der Waals surface area contributed by atoms with E-state index in [2.05, 4.69) is 0 Å². The zero-order valence-electron chi connectivity index (χ0n) is 10.9. The van der Waals surface area contributed by atoms with E-state index in [1.54, 1.807) is 18.2 Å². The summed E-state index contributed by atoms with van der Waals surface area (Å²) in [7, 11) is 0. The van der Waals surface area contributed by atoms with Crippen LogP contribution in [0.5, 0.6) is 11.5 Å². The van der Waals surface area contributed by atoms with Crippen LogP contribution in [0.15, 0.2) is 54.6 Å². The Morgan fingerprint density at radius 3 is 2.15 bits per heavy atom. The van der Waals surface area contributed by atoms with Crippen molar-refractivity contribution in [3.63, 3.8) is 0 Å². The maximum atomic E-state index is 13.2. The van der Waals surface area contributed by atoms with Gasteiger partial charge in [-0.2, -0.15) is 0 Å². The number of ether oxygens (including phenoxy) is 1. The van der Waals surface area contributed by atoms with Gasteiger partial charge in [-0.15, -0.1) is 0 Å². The van der Waals surface area contributed by atoms with E-state index in [0.717, 1.165) is 0 Å². The molecule has 0 unspecified atom stereocenters. The molecule has 1 aliphatic rings. The van der Waals surface area contributed by atoms with Crippen molar-refractivity contribution >= 4 is 0 Å². The van der Waals surface area contributed by atoms with Gasteiger partial charge in [-0.05, 0) is 18.2 Å². The molecule has 1 fully saturated rings. The number of hydrogen-bond donors (Lipinski definition) is 1. The Hall–Kier alpha value is -1.94. The zero-order valence-corrected chi connectivity index (χ0v) is 10.9. The molecule has 2 aromatic rings. The molecule has 0 saturated heterocycles. The third-order valence-corrected chi connectivity index (χ3v) is 3.54. The SMILES string of the molecule is NC1(c2ccccc2Oc2ccccc2)CC(F)(F)C1. The van der Waals surface area contributed by atoms with Crippen molar-refractivity contribution in [2.24, 2.45) is 5.73 Å². The van der Waals surface area contributed by atoms with Crippen LogP contribution < -0.4 is 10.5 Å². The predicted octanol–water partition coefficient (Wildman–Crippen LogP) is 4.06. The maximum absolute atomic E-state index is 13.2. The van der Waals surface area contributed by atoms with Gasteiger partial charge in [0.15, 0.2) is 0 Å². The molecule has 3 rings (SSSR count). The summed E-state index contributed by atoms with van der Waals surface area (Å²) in [6.45, 7) is 0. The lowest BCUT2D eigenvalue weighted by Gasteiger charge is -2.45. The average Bonchev–Trinajstić information content (AvgIpc) is 2.38. The fourth-order valence-electron chi connectivity index (χ4n) is 2.64. The number of hydrogen-bond acceptors (Lipinski definition) is 2. The molecule has 1 aliphatic carbocycles. The number of rotatable bonds is 3. The zero-order chi connectivity index (χ0) is 14.2. The molecule has 0 bridgehead atoms. The summed E-state index contributed by atoms with van der Waals surface area (Å²) >= 11 is 0. The minimum absolute atomic E-state index is 0.338. The Kier molecular flexibility index (Phi) is 2.98. The van der Waals surface area contributed by atoms with E-state index in [4.69, 9.17) is 10.5 Å². The van der Waals surface area contributed by atoms with Crippen LogP contribution >= 0.6 is 0 Å². The minimum Gasteiger partial charge on any atom is -0.457 e. The van der Waals surface area contributed by atoms with Crippen LogP contribution in [0, 0.1) is 0 Å². The van der Waals surface area contributed by atoms with Gasteiger partial charge in [0.25, 0.3) is 5.92 Å². The van der Waals surface area contributed by atoms with E-state index in [1.165, 1.54) is 0 Å². The molecule has 0 aliphatic heterocycles. The molecule has 4 heteroatoms. The highest BCUT2D eigenvalue weighted by Gasteiger charge is 2.56. The molecule has 0 radical (unpaired) electrons. The first kappa shape index (κ1) is 13.1. The van der Waals surface area contributed by atoms with Crippen LogP contribution in [0.25, 0.3) is 0 Å². The standard InChI is InChI=1S/C16H15F2NO/c17-16(18)10-15(19,11-16)13-8-4-5-9-14(13)20-12-6-2-1-3-7-12/h1-9H,10-11,19H2. The topological polar surface area (TPSA) is 35.2 Å². The summed E-state index contributed by atoms with van der Waals surface area (Å²) in [5.41, 5.74) is 5.72. The Balaban J connectivity index is 1.90. The smallest absolute Gasteiger partial charge is 0.252 e. The van der Waals surface area contributed by atoms with Crippen molar-refractivity contribution < 1.29 is 13.5 Å². The Morgan fingerprint density at radius 1 is 0.900 bits per heavy atom. The summed E-state index contributed by atoms with van der Waals surface area (Å²) < 4.78 is 32.1. The second kappa shape index (κ2) is 4.56. The molecule has 0 aromatic heterocycles. The van der Waals surface area contributed by atoms with Crippen molar-refractivity contribution in [1.29, 1.82) is 0 Å². The lowest BCUT2D eigenvalue weighted by atomic mass is 9.69. The molecule has 1 saturated carbocycles. The number of benzene rings is 2. The molecule has 2 aromatic carbocycles. The summed E-state index contributed by atoms with van der Waals surface area (Å²) in [6.07, 6.45) is -0.676. The summed E-state index contributed by atoms with van der Waals surface area (Å²) in [6, 6.07) is 16.3. The highest BCUT2D eigenvalue weighted by Crippen LogP contribution is 2.52. The van der Waals surface area contributed by atoms with Gasteiger partial charge >= 0.3 is 0 Å². The number of halogens is 2. The lowest BCUT2D eigenvalue weighted by Crippen LogP contribution is -2.55. The highest BCUT2D eigenvalue weighted by molar-refractivity contribution is 5.44. The van der Waals surface area contributed by atoms with Crippen molar-refractivity contribution in [2.45, 2.75) is 24.3 Å². The maximum Gasteiger partial charge on any atom is 0.252 e. The van der Waals surface area contributed by atoms with E-state index < -0.39 is 11.5 Å². The van der Waals surface area contributed by atoms with Crippen LogP contribution in [0.1, 0.15) is 18.4 Å². The number of nitrogens with two attached hydrogens (primary N) is 1. The molecule has 0 amide bonds.